The van der Waals surface area contributed by atoms with Crippen molar-refractivity contribution in [3.63, 3.8) is 0 Å². The molecule has 3 aromatic rings. The van der Waals surface area contributed by atoms with Crippen molar-refractivity contribution < 1.29 is 0 Å². The highest BCUT2D eigenvalue weighted by molar-refractivity contribution is 7.50. The van der Waals surface area contributed by atoms with Crippen LogP contribution in [0.2, 0.25) is 0 Å². The molecule has 6 heterocycles. The van der Waals surface area contributed by atoms with Gasteiger partial charge in [-0.2, -0.15) is 0 Å². The normalized spacial score (nSPS) is 22.9. The molecule has 32 heavy (non-hydrogen) atoms. The van der Waals surface area contributed by atoms with E-state index in [1.54, 1.807) is 0 Å². The van der Waals surface area contributed by atoms with Gasteiger partial charge in [0.15, 0.2) is 0 Å². The Morgan fingerprint density at radius 2 is 0.906 bits per heavy atom. The summed E-state index contributed by atoms with van der Waals surface area (Å²) >= 11 is 0. The minimum absolute atomic E-state index is 0.686. The van der Waals surface area contributed by atoms with Crippen LogP contribution in [0.3, 0.4) is 0 Å². The molecule has 3 fully saturated rings. The van der Waals surface area contributed by atoms with Crippen molar-refractivity contribution in [1.82, 2.24) is 33.9 Å². The Labute approximate surface area is 191 Å². The second-order valence-corrected chi connectivity index (χ2v) is 10.5. The fraction of sp³-hybridized carbons (Fsp3) is 0.375. The highest BCUT2D eigenvalue weighted by Gasteiger charge is 2.36. The van der Waals surface area contributed by atoms with Gasteiger partial charge in [-0.25, -0.2) is 0 Å². The van der Waals surface area contributed by atoms with Crippen molar-refractivity contribution in [1.29, 1.82) is 0 Å². The molecular weight excluding hydrogens is 417 g/mol. The van der Waals surface area contributed by atoms with Crippen LogP contribution in [0.4, 0.5) is 0 Å². The van der Waals surface area contributed by atoms with Crippen LogP contribution in [0, 0.1) is 0 Å². The molecule has 8 heteroatoms. The molecule has 3 saturated heterocycles. The summed E-state index contributed by atoms with van der Waals surface area (Å²) in [6, 6.07) is 18.7. The van der Waals surface area contributed by atoms with Crippen LogP contribution in [-0.2, 0) is 19.6 Å². The zero-order chi connectivity index (χ0) is 21.6. The average molecular weight is 448 g/mol. The van der Waals surface area contributed by atoms with Crippen LogP contribution < -0.4 is 0 Å². The molecule has 3 aliphatic rings. The van der Waals surface area contributed by atoms with E-state index in [4.69, 9.17) is 0 Å². The minimum atomic E-state index is -0.686. The highest BCUT2D eigenvalue weighted by atomic mass is 31.2. The Morgan fingerprint density at radius 3 is 1.22 bits per heavy atom. The second-order valence-electron chi connectivity index (χ2n) is 8.24. The van der Waals surface area contributed by atoms with Gasteiger partial charge < -0.3 is 0 Å². The first-order chi connectivity index (χ1) is 15.8. The topological polar surface area (TPSA) is 51.6 Å². The Balaban J connectivity index is 1.48. The monoisotopic (exact) mass is 447 g/mol. The molecule has 0 radical (unpaired) electrons. The fourth-order valence-electron chi connectivity index (χ4n) is 4.37. The Bertz CT molecular complexity index is 833. The molecule has 3 aliphatic heterocycles. The van der Waals surface area contributed by atoms with Crippen molar-refractivity contribution in [2.45, 2.75) is 19.6 Å². The Kier molecular flexibility index (Phi) is 7.11. The van der Waals surface area contributed by atoms with E-state index < -0.39 is 8.37 Å². The molecular formula is C24H30N7P. The summed E-state index contributed by atoms with van der Waals surface area (Å²) in [6.45, 7) is 9.04. The molecule has 6 rings (SSSR count). The maximum absolute atomic E-state index is 4.64. The van der Waals surface area contributed by atoms with Crippen LogP contribution >= 0.6 is 8.37 Å². The molecule has 0 spiro atoms. The zero-order valence-electron chi connectivity index (χ0n) is 18.4. The predicted octanol–water partition coefficient (Wildman–Crippen LogP) is 3.23. The van der Waals surface area contributed by atoms with E-state index in [1.165, 1.54) is 0 Å². The number of fused-ring (bicyclic) bond motifs is 6. The van der Waals surface area contributed by atoms with Gasteiger partial charge in [0.1, 0.15) is 8.37 Å². The summed E-state index contributed by atoms with van der Waals surface area (Å²) in [4.78, 5) is 16.5. The molecule has 0 aromatic carbocycles. The Hall–Kier alpha value is -2.28. The first-order valence-corrected chi connectivity index (χ1v) is 12.5. The van der Waals surface area contributed by atoms with Gasteiger partial charge in [-0.3, -0.25) is 33.9 Å². The van der Waals surface area contributed by atoms with Crippen LogP contribution in [0.5, 0.6) is 0 Å². The van der Waals surface area contributed by atoms with Gasteiger partial charge in [-0.1, -0.05) is 18.2 Å². The molecule has 0 N–H and O–H groups in total. The number of nitrogens with zero attached hydrogens (tertiary/aromatic N) is 7. The molecule has 3 aromatic heterocycles. The molecule has 0 amide bonds. The van der Waals surface area contributed by atoms with E-state index in [2.05, 4.69) is 70.3 Å². The number of hydrogen-bond acceptors (Lipinski definition) is 7. The smallest absolute Gasteiger partial charge is 0.121 e. The van der Waals surface area contributed by atoms with Crippen molar-refractivity contribution in [2.75, 3.05) is 39.3 Å². The third-order valence-electron chi connectivity index (χ3n) is 5.99. The van der Waals surface area contributed by atoms with Crippen molar-refractivity contribution in [2.24, 2.45) is 0 Å². The summed E-state index contributed by atoms with van der Waals surface area (Å²) < 4.78 is 7.94. The van der Waals surface area contributed by atoms with E-state index >= 15 is 0 Å². The summed E-state index contributed by atoms with van der Waals surface area (Å²) in [5.41, 5.74) is 3.38. The molecule has 0 aliphatic carbocycles. The van der Waals surface area contributed by atoms with Crippen LogP contribution in [-0.4, -0.2) is 73.1 Å². The molecule has 0 atom stereocenters. The maximum atomic E-state index is 4.64. The van der Waals surface area contributed by atoms with Gasteiger partial charge in [0.05, 0.1) is 17.1 Å². The average Bonchev–Trinajstić information content (AvgIpc) is 2.82. The number of aromatic nitrogens is 3. The van der Waals surface area contributed by atoms with Gasteiger partial charge >= 0.3 is 0 Å². The van der Waals surface area contributed by atoms with Crippen LogP contribution in [0.15, 0.2) is 73.2 Å². The number of pyridine rings is 3. The highest BCUT2D eigenvalue weighted by Crippen LogP contribution is 2.51. The van der Waals surface area contributed by atoms with Crippen molar-refractivity contribution in [3.05, 3.63) is 90.3 Å². The second kappa shape index (κ2) is 10.6. The summed E-state index contributed by atoms with van der Waals surface area (Å²) in [5, 5.41) is 0. The van der Waals surface area contributed by atoms with E-state index in [0.717, 1.165) is 76.0 Å². The minimum Gasteiger partial charge on any atom is -0.299 e. The summed E-state index contributed by atoms with van der Waals surface area (Å²) in [7, 11) is -0.686. The lowest BCUT2D eigenvalue weighted by molar-refractivity contribution is 0.158. The van der Waals surface area contributed by atoms with Gasteiger partial charge in [-0.05, 0) is 36.4 Å². The largest absolute Gasteiger partial charge is 0.299 e. The van der Waals surface area contributed by atoms with Crippen molar-refractivity contribution >= 4 is 8.37 Å². The standard InChI is InChI=1S/C24H30N7P/c1-4-10-25-22(7-1)19-29-16-13-28-14-17-30(20-23-8-2-5-11-26-23)32(29)31(18-15-28)21-24-9-3-6-12-27-24/h1-12H,13-21H2. The lowest BCUT2D eigenvalue weighted by Crippen LogP contribution is -2.51. The van der Waals surface area contributed by atoms with E-state index in [0.29, 0.717) is 0 Å². The lowest BCUT2D eigenvalue weighted by atomic mass is 10.3. The lowest BCUT2D eigenvalue weighted by Gasteiger charge is -2.50. The maximum Gasteiger partial charge on any atom is 0.121 e. The number of rotatable bonds is 6. The van der Waals surface area contributed by atoms with E-state index in [9.17, 15) is 0 Å². The van der Waals surface area contributed by atoms with Gasteiger partial charge in [0, 0.05) is 77.5 Å². The first kappa shape index (κ1) is 21.6. The predicted molar refractivity (Wildman–Crippen MR) is 127 cm³/mol. The number of hydrogen-bond donors (Lipinski definition) is 0. The summed E-state index contributed by atoms with van der Waals surface area (Å²) in [6.07, 6.45) is 5.70. The zero-order valence-corrected chi connectivity index (χ0v) is 19.3. The summed E-state index contributed by atoms with van der Waals surface area (Å²) in [5.74, 6) is 0. The third kappa shape index (κ3) is 5.37. The molecule has 166 valence electrons. The Morgan fingerprint density at radius 1 is 0.531 bits per heavy atom. The van der Waals surface area contributed by atoms with Gasteiger partial charge in [-0.15, -0.1) is 0 Å². The third-order valence-corrected chi connectivity index (χ3v) is 8.54. The van der Waals surface area contributed by atoms with E-state index in [1.807, 2.05) is 36.8 Å². The van der Waals surface area contributed by atoms with Crippen LogP contribution in [0.25, 0.3) is 0 Å². The SMILES string of the molecule is c1ccc(CN2CCN3CCN(Cc4ccccn4)P2N(Cc2ccccn2)CC3)nc1. The first-order valence-electron chi connectivity index (χ1n) is 11.3. The van der Waals surface area contributed by atoms with Crippen LogP contribution in [0.1, 0.15) is 17.1 Å². The van der Waals surface area contributed by atoms with Gasteiger partial charge in [0.2, 0.25) is 0 Å². The molecule has 2 bridgehead atoms. The van der Waals surface area contributed by atoms with Crippen molar-refractivity contribution in [3.8, 4) is 0 Å². The van der Waals surface area contributed by atoms with E-state index in [-0.39, 0.29) is 0 Å². The quantitative estimate of drug-likeness (QED) is 0.538. The fourth-order valence-corrected chi connectivity index (χ4v) is 7.07. The van der Waals surface area contributed by atoms with Gasteiger partial charge in [0.25, 0.3) is 0 Å². The molecule has 0 unspecified atom stereocenters. The molecule has 7 nitrogen and oxygen atoms in total. The molecule has 0 saturated carbocycles.